The number of aromatic nitrogens is 1. The zero-order chi connectivity index (χ0) is 16.4. The Morgan fingerprint density at radius 2 is 2.08 bits per heavy atom. The van der Waals surface area contributed by atoms with Crippen molar-refractivity contribution >= 4 is 5.91 Å². The molecule has 4 heteroatoms. The zero-order valence-electron chi connectivity index (χ0n) is 13.7. The molecule has 1 N–H and O–H groups in total. The quantitative estimate of drug-likeness (QED) is 0.913. The summed E-state index contributed by atoms with van der Waals surface area (Å²) in [5, 5.41) is 3.17. The summed E-state index contributed by atoms with van der Waals surface area (Å²) in [6.45, 7) is 0.702. The number of hydrogen-bond donors (Lipinski definition) is 1. The number of aryl methyl sites for hydroxylation is 1. The van der Waals surface area contributed by atoms with Gasteiger partial charge in [0.1, 0.15) is 0 Å². The maximum Gasteiger partial charge on any atom is 0.252 e. The lowest BCUT2D eigenvalue weighted by Gasteiger charge is -2.26. The lowest BCUT2D eigenvalue weighted by Crippen LogP contribution is -2.31. The number of nitrogens with one attached hydrogen (secondary N) is 1. The van der Waals surface area contributed by atoms with Crippen molar-refractivity contribution in [1.82, 2.24) is 10.3 Å². The number of pyridine rings is 1. The van der Waals surface area contributed by atoms with E-state index >= 15 is 0 Å². The van der Waals surface area contributed by atoms with Gasteiger partial charge in [-0.05, 0) is 55.2 Å². The molecule has 2 aromatic rings. The molecule has 4 nitrogen and oxygen atoms in total. The van der Waals surface area contributed by atoms with Crippen molar-refractivity contribution in [1.29, 1.82) is 0 Å². The lowest BCUT2D eigenvalue weighted by atomic mass is 9.87. The first-order chi connectivity index (χ1) is 11.8. The van der Waals surface area contributed by atoms with Crippen LogP contribution in [0.5, 0.6) is 5.88 Å². The number of amides is 1. The van der Waals surface area contributed by atoms with Crippen molar-refractivity contribution in [2.45, 2.75) is 38.1 Å². The maximum atomic E-state index is 12.6. The standard InChI is InChI=1S/C20H22N2O2/c23-20(16-10-11-21-19(12-16)24-13-14-8-9-14)22-18-7-3-5-15-4-1-2-6-17(15)18/h1-2,4,6,10-12,14,18H,3,5,7-9,13H2,(H,22,23)/t18-/m0/s1. The third-order valence-corrected chi connectivity index (χ3v) is 4.84. The molecule has 1 heterocycles. The summed E-state index contributed by atoms with van der Waals surface area (Å²) in [5.41, 5.74) is 3.20. The summed E-state index contributed by atoms with van der Waals surface area (Å²) >= 11 is 0. The van der Waals surface area contributed by atoms with Gasteiger partial charge in [0.2, 0.25) is 5.88 Å². The van der Waals surface area contributed by atoms with E-state index < -0.39 is 0 Å². The van der Waals surface area contributed by atoms with Crippen LogP contribution in [0.2, 0.25) is 0 Å². The number of ether oxygens (including phenoxy) is 1. The van der Waals surface area contributed by atoms with Crippen molar-refractivity contribution in [3.8, 4) is 5.88 Å². The molecule has 124 valence electrons. The molecular weight excluding hydrogens is 300 g/mol. The highest BCUT2D eigenvalue weighted by atomic mass is 16.5. The van der Waals surface area contributed by atoms with Gasteiger partial charge in [0.05, 0.1) is 12.6 Å². The van der Waals surface area contributed by atoms with Crippen molar-refractivity contribution in [2.24, 2.45) is 5.92 Å². The number of hydrogen-bond acceptors (Lipinski definition) is 3. The molecule has 0 radical (unpaired) electrons. The molecular formula is C20H22N2O2. The van der Waals surface area contributed by atoms with Crippen molar-refractivity contribution in [3.05, 3.63) is 59.3 Å². The van der Waals surface area contributed by atoms with Crippen LogP contribution >= 0.6 is 0 Å². The minimum Gasteiger partial charge on any atom is -0.477 e. The first-order valence-corrected chi connectivity index (χ1v) is 8.77. The van der Waals surface area contributed by atoms with Gasteiger partial charge >= 0.3 is 0 Å². The second kappa shape index (κ2) is 6.63. The highest BCUT2D eigenvalue weighted by molar-refractivity contribution is 5.94. The lowest BCUT2D eigenvalue weighted by molar-refractivity contribution is 0.0932. The van der Waals surface area contributed by atoms with Gasteiger partial charge in [0.25, 0.3) is 5.91 Å². The van der Waals surface area contributed by atoms with E-state index in [9.17, 15) is 4.79 Å². The monoisotopic (exact) mass is 322 g/mol. The Balaban J connectivity index is 1.45. The SMILES string of the molecule is O=C(N[C@H]1CCCc2ccccc21)c1ccnc(OCC2CC2)c1. The molecule has 0 spiro atoms. The van der Waals surface area contributed by atoms with Crippen molar-refractivity contribution in [2.75, 3.05) is 6.61 Å². The Hall–Kier alpha value is -2.36. The predicted molar refractivity (Wildman–Crippen MR) is 92.0 cm³/mol. The molecule has 0 bridgehead atoms. The van der Waals surface area contributed by atoms with Gasteiger partial charge in [-0.25, -0.2) is 4.98 Å². The second-order valence-corrected chi connectivity index (χ2v) is 6.75. The first kappa shape index (κ1) is 15.2. The number of carbonyl (C=O) groups excluding carboxylic acids is 1. The predicted octanol–water partition coefficient (Wildman–Crippen LogP) is 3.68. The highest BCUT2D eigenvalue weighted by Crippen LogP contribution is 2.30. The minimum absolute atomic E-state index is 0.0598. The zero-order valence-corrected chi connectivity index (χ0v) is 13.7. The summed E-state index contributed by atoms with van der Waals surface area (Å²) in [4.78, 5) is 16.8. The molecule has 0 unspecified atom stereocenters. The van der Waals surface area contributed by atoms with E-state index in [0.29, 0.717) is 24.0 Å². The van der Waals surface area contributed by atoms with Crippen LogP contribution in [0.1, 0.15) is 53.2 Å². The summed E-state index contributed by atoms with van der Waals surface area (Å²) < 4.78 is 5.68. The fourth-order valence-corrected chi connectivity index (χ4v) is 3.26. The maximum absolute atomic E-state index is 12.6. The Bertz CT molecular complexity index is 740. The molecule has 4 rings (SSSR count). The van der Waals surface area contributed by atoms with Gasteiger partial charge in [-0.2, -0.15) is 0 Å². The van der Waals surface area contributed by atoms with Crippen LogP contribution in [0.25, 0.3) is 0 Å². The average molecular weight is 322 g/mol. The summed E-state index contributed by atoms with van der Waals surface area (Å²) in [7, 11) is 0. The minimum atomic E-state index is -0.0598. The fourth-order valence-electron chi connectivity index (χ4n) is 3.26. The van der Waals surface area contributed by atoms with E-state index in [1.165, 1.54) is 24.0 Å². The highest BCUT2D eigenvalue weighted by Gasteiger charge is 2.23. The number of carbonyl (C=O) groups is 1. The third kappa shape index (κ3) is 3.42. The number of fused-ring (bicyclic) bond motifs is 1. The molecule has 24 heavy (non-hydrogen) atoms. The van der Waals surface area contributed by atoms with Gasteiger partial charge < -0.3 is 10.1 Å². The van der Waals surface area contributed by atoms with Crippen LogP contribution in [-0.4, -0.2) is 17.5 Å². The Morgan fingerprint density at radius 1 is 1.21 bits per heavy atom. The van der Waals surface area contributed by atoms with E-state index in [-0.39, 0.29) is 11.9 Å². The fraction of sp³-hybridized carbons (Fsp3) is 0.400. The summed E-state index contributed by atoms with van der Waals surface area (Å²) in [6.07, 6.45) is 7.30. The Morgan fingerprint density at radius 3 is 2.96 bits per heavy atom. The number of benzene rings is 1. The smallest absolute Gasteiger partial charge is 0.252 e. The average Bonchev–Trinajstić information content (AvgIpc) is 3.45. The van der Waals surface area contributed by atoms with Crippen LogP contribution in [0.3, 0.4) is 0 Å². The van der Waals surface area contributed by atoms with Crippen LogP contribution in [0, 0.1) is 5.92 Å². The molecule has 0 aliphatic heterocycles. The van der Waals surface area contributed by atoms with Crippen molar-refractivity contribution in [3.63, 3.8) is 0 Å². The Kier molecular flexibility index (Phi) is 4.20. The molecule has 1 fully saturated rings. The molecule has 0 saturated heterocycles. The summed E-state index contributed by atoms with van der Waals surface area (Å²) in [5.74, 6) is 1.15. The number of rotatable bonds is 5. The summed E-state index contributed by atoms with van der Waals surface area (Å²) in [6, 6.07) is 12.0. The molecule has 2 aliphatic rings. The normalized spacial score (nSPS) is 19.4. The molecule has 1 amide bonds. The first-order valence-electron chi connectivity index (χ1n) is 8.77. The largest absolute Gasteiger partial charge is 0.477 e. The van der Waals surface area contributed by atoms with Crippen LogP contribution in [0.4, 0.5) is 0 Å². The topological polar surface area (TPSA) is 51.2 Å². The Labute approximate surface area is 142 Å². The van der Waals surface area contributed by atoms with E-state index in [1.54, 1.807) is 18.3 Å². The molecule has 1 aromatic heterocycles. The number of nitrogens with zero attached hydrogens (tertiary/aromatic N) is 1. The van der Waals surface area contributed by atoms with Gasteiger partial charge in [-0.15, -0.1) is 0 Å². The molecule has 2 aliphatic carbocycles. The van der Waals surface area contributed by atoms with E-state index in [1.807, 2.05) is 6.07 Å². The van der Waals surface area contributed by atoms with E-state index in [4.69, 9.17) is 4.74 Å². The van der Waals surface area contributed by atoms with Crippen LogP contribution in [0.15, 0.2) is 42.6 Å². The molecule has 1 saturated carbocycles. The van der Waals surface area contributed by atoms with Crippen LogP contribution in [-0.2, 0) is 6.42 Å². The third-order valence-electron chi connectivity index (χ3n) is 4.84. The van der Waals surface area contributed by atoms with Gasteiger partial charge in [0, 0.05) is 17.8 Å². The molecule has 1 aromatic carbocycles. The molecule has 1 atom stereocenters. The second-order valence-electron chi connectivity index (χ2n) is 6.75. The van der Waals surface area contributed by atoms with Gasteiger partial charge in [0.15, 0.2) is 0 Å². The van der Waals surface area contributed by atoms with Gasteiger partial charge in [-0.1, -0.05) is 24.3 Å². The van der Waals surface area contributed by atoms with Crippen molar-refractivity contribution < 1.29 is 9.53 Å². The van der Waals surface area contributed by atoms with Gasteiger partial charge in [-0.3, -0.25) is 4.79 Å². The van der Waals surface area contributed by atoms with E-state index in [0.717, 1.165) is 19.3 Å². The van der Waals surface area contributed by atoms with Crippen LogP contribution < -0.4 is 10.1 Å². The van der Waals surface area contributed by atoms with E-state index in [2.05, 4.69) is 28.5 Å².